The average molecular weight is 562 g/mol. The number of rotatable bonds is 8. The van der Waals surface area contributed by atoms with Gasteiger partial charge in [-0.15, -0.1) is 0 Å². The largest absolute Gasteiger partial charge is 0.463 e. The Hall–Kier alpha value is -3.98. The molecule has 9 heteroatoms. The lowest BCUT2D eigenvalue weighted by Gasteiger charge is -2.25. The van der Waals surface area contributed by atoms with Crippen molar-refractivity contribution in [1.29, 1.82) is 0 Å². The molecule has 2 aromatic rings. The van der Waals surface area contributed by atoms with Crippen LogP contribution >= 0.6 is 0 Å². The van der Waals surface area contributed by atoms with Gasteiger partial charge in [-0.3, -0.25) is 19.2 Å². The highest BCUT2D eigenvalue weighted by molar-refractivity contribution is 6.00. The van der Waals surface area contributed by atoms with Gasteiger partial charge in [0.15, 0.2) is 0 Å². The van der Waals surface area contributed by atoms with E-state index >= 15 is 0 Å². The lowest BCUT2D eigenvalue weighted by atomic mass is 9.96. The van der Waals surface area contributed by atoms with Crippen LogP contribution in [0.3, 0.4) is 0 Å². The number of carbonyl (C=O) groups is 4. The van der Waals surface area contributed by atoms with Crippen LogP contribution in [0.1, 0.15) is 49.3 Å². The van der Waals surface area contributed by atoms with Crippen LogP contribution in [-0.2, 0) is 30.3 Å². The Balaban J connectivity index is 1.53. The lowest BCUT2D eigenvalue weighted by Crippen LogP contribution is -2.48. The Morgan fingerprint density at radius 2 is 1.63 bits per heavy atom. The molecule has 41 heavy (non-hydrogen) atoms. The van der Waals surface area contributed by atoms with E-state index in [9.17, 15) is 24.3 Å². The number of carbonyl (C=O) groups excluding carboxylic acids is 4. The minimum atomic E-state index is -1.07. The highest BCUT2D eigenvalue weighted by Crippen LogP contribution is 2.20. The van der Waals surface area contributed by atoms with Gasteiger partial charge in [0.05, 0.1) is 24.6 Å². The zero-order valence-corrected chi connectivity index (χ0v) is 23.2. The number of cyclic esters (lactones) is 1. The van der Waals surface area contributed by atoms with Crippen molar-refractivity contribution in [3.63, 3.8) is 0 Å². The molecule has 2 aromatic carbocycles. The minimum absolute atomic E-state index is 0.0536. The first kappa shape index (κ1) is 30.0. The van der Waals surface area contributed by atoms with Gasteiger partial charge >= 0.3 is 5.97 Å². The molecule has 9 nitrogen and oxygen atoms in total. The maximum Gasteiger partial charge on any atom is 0.309 e. The monoisotopic (exact) mass is 561 g/mol. The van der Waals surface area contributed by atoms with Gasteiger partial charge in [0.25, 0.3) is 0 Å². The van der Waals surface area contributed by atoms with Crippen LogP contribution in [0.15, 0.2) is 72.8 Å². The molecule has 1 fully saturated rings. The molecule has 0 radical (unpaired) electrons. The SMILES string of the molecule is O=C1OCC(Cc2ccccc2)NC(=O)C(C(=O)N[C@@H](CO)c2ccccc2)CC=CCC1CC(=O)N1CCCC1. The van der Waals surface area contributed by atoms with E-state index in [1.165, 1.54) is 0 Å². The van der Waals surface area contributed by atoms with E-state index < -0.39 is 41.7 Å². The van der Waals surface area contributed by atoms with Gasteiger partial charge in [-0.1, -0.05) is 72.8 Å². The molecule has 0 bridgehead atoms. The summed E-state index contributed by atoms with van der Waals surface area (Å²) in [6.45, 7) is 1.00. The second kappa shape index (κ2) is 15.1. The van der Waals surface area contributed by atoms with E-state index in [0.717, 1.165) is 24.0 Å². The summed E-state index contributed by atoms with van der Waals surface area (Å²) in [6.07, 6.45) is 6.18. The van der Waals surface area contributed by atoms with Gasteiger partial charge in [-0.25, -0.2) is 0 Å². The van der Waals surface area contributed by atoms with Gasteiger partial charge < -0.3 is 25.4 Å². The van der Waals surface area contributed by atoms with Crippen molar-refractivity contribution in [3.05, 3.63) is 83.9 Å². The van der Waals surface area contributed by atoms with E-state index in [4.69, 9.17) is 4.74 Å². The zero-order valence-electron chi connectivity index (χ0n) is 23.2. The van der Waals surface area contributed by atoms with Gasteiger partial charge in [0.2, 0.25) is 17.7 Å². The third-order valence-electron chi connectivity index (χ3n) is 7.60. The number of ether oxygens (including phenoxy) is 1. The number of nitrogens with zero attached hydrogens (tertiary/aromatic N) is 1. The molecule has 3 amide bonds. The molecule has 3 unspecified atom stereocenters. The van der Waals surface area contributed by atoms with Gasteiger partial charge in [0.1, 0.15) is 12.5 Å². The summed E-state index contributed by atoms with van der Waals surface area (Å²) in [6, 6.07) is 17.3. The molecule has 218 valence electrons. The van der Waals surface area contributed by atoms with Crippen LogP contribution in [-0.4, -0.2) is 66.0 Å². The number of allylic oxidation sites excluding steroid dienone is 2. The second-order valence-corrected chi connectivity index (χ2v) is 10.7. The third-order valence-corrected chi connectivity index (χ3v) is 7.60. The van der Waals surface area contributed by atoms with Crippen molar-refractivity contribution in [2.75, 3.05) is 26.3 Å². The zero-order chi connectivity index (χ0) is 29.0. The summed E-state index contributed by atoms with van der Waals surface area (Å²) in [5.41, 5.74) is 1.67. The highest BCUT2D eigenvalue weighted by atomic mass is 16.5. The fourth-order valence-corrected chi connectivity index (χ4v) is 5.24. The first-order valence-corrected chi connectivity index (χ1v) is 14.3. The van der Waals surface area contributed by atoms with Crippen LogP contribution in [0, 0.1) is 11.8 Å². The molecule has 3 N–H and O–H groups in total. The van der Waals surface area contributed by atoms with Crippen LogP contribution in [0.25, 0.3) is 0 Å². The number of hydrogen-bond donors (Lipinski definition) is 3. The molecular formula is C32H39N3O6. The molecule has 0 aliphatic carbocycles. The summed E-state index contributed by atoms with van der Waals surface area (Å²) in [5, 5.41) is 15.7. The molecule has 4 atom stereocenters. The van der Waals surface area contributed by atoms with E-state index in [2.05, 4.69) is 10.6 Å². The molecule has 2 heterocycles. The predicted molar refractivity (Wildman–Crippen MR) is 153 cm³/mol. The van der Waals surface area contributed by atoms with Crippen molar-refractivity contribution >= 4 is 23.7 Å². The van der Waals surface area contributed by atoms with Crippen LogP contribution in [0.2, 0.25) is 0 Å². The van der Waals surface area contributed by atoms with Crippen molar-refractivity contribution in [2.24, 2.45) is 11.8 Å². The fourth-order valence-electron chi connectivity index (χ4n) is 5.24. The maximum absolute atomic E-state index is 13.5. The topological polar surface area (TPSA) is 125 Å². The maximum atomic E-state index is 13.5. The van der Waals surface area contributed by atoms with Gasteiger partial charge in [0, 0.05) is 19.5 Å². The van der Waals surface area contributed by atoms with Crippen LogP contribution < -0.4 is 10.6 Å². The average Bonchev–Trinajstić information content (AvgIpc) is 3.53. The molecule has 0 spiro atoms. The van der Waals surface area contributed by atoms with E-state index in [1.54, 1.807) is 29.2 Å². The molecule has 2 aliphatic heterocycles. The molecule has 1 saturated heterocycles. The Kier molecular flexibility index (Phi) is 11.1. The van der Waals surface area contributed by atoms with Crippen LogP contribution in [0.4, 0.5) is 0 Å². The summed E-state index contributed by atoms with van der Waals surface area (Å²) in [7, 11) is 0. The van der Waals surface area contributed by atoms with Crippen molar-refractivity contribution in [1.82, 2.24) is 15.5 Å². The lowest BCUT2D eigenvalue weighted by molar-refractivity contribution is -0.152. The predicted octanol–water partition coefficient (Wildman–Crippen LogP) is 2.70. The number of benzene rings is 2. The molecule has 2 aliphatic rings. The molecule has 4 rings (SSSR count). The smallest absolute Gasteiger partial charge is 0.309 e. The number of hydrogen-bond acceptors (Lipinski definition) is 6. The molecular weight excluding hydrogens is 522 g/mol. The molecule has 0 aromatic heterocycles. The Morgan fingerprint density at radius 1 is 0.976 bits per heavy atom. The standard InChI is InChI=1S/C32H39N3O6/c36-21-28(24-13-5-2-6-14-24)34-31(39)27-16-8-7-15-25(20-29(37)35-17-9-10-18-35)32(40)41-22-26(33-30(27)38)19-23-11-3-1-4-12-23/h1-8,11-14,25-28,36H,9-10,15-22H2,(H,33,38)(H,34,39)/t25?,26?,27?,28-/m0/s1. The summed E-state index contributed by atoms with van der Waals surface area (Å²) < 4.78 is 5.67. The number of likely N-dealkylation sites (tertiary alicyclic amines) is 1. The summed E-state index contributed by atoms with van der Waals surface area (Å²) in [5.74, 6) is -3.26. The number of nitrogens with one attached hydrogen (secondary N) is 2. The van der Waals surface area contributed by atoms with Crippen molar-refractivity contribution in [3.8, 4) is 0 Å². The second-order valence-electron chi connectivity index (χ2n) is 10.7. The number of aliphatic hydroxyl groups is 1. The molecule has 0 saturated carbocycles. The Morgan fingerprint density at radius 3 is 2.32 bits per heavy atom. The van der Waals surface area contributed by atoms with Gasteiger partial charge in [-0.2, -0.15) is 0 Å². The van der Waals surface area contributed by atoms with E-state index in [-0.39, 0.29) is 38.4 Å². The van der Waals surface area contributed by atoms with Crippen molar-refractivity contribution < 1.29 is 29.0 Å². The van der Waals surface area contributed by atoms with Gasteiger partial charge in [-0.05, 0) is 43.2 Å². The number of aliphatic hydroxyl groups excluding tert-OH is 1. The summed E-state index contributed by atoms with van der Waals surface area (Å²) in [4.78, 5) is 54.6. The first-order valence-electron chi connectivity index (χ1n) is 14.3. The first-order chi connectivity index (χ1) is 19.9. The van der Waals surface area contributed by atoms with E-state index in [1.807, 2.05) is 48.5 Å². The Bertz CT molecular complexity index is 1200. The minimum Gasteiger partial charge on any atom is -0.463 e. The van der Waals surface area contributed by atoms with Crippen LogP contribution in [0.5, 0.6) is 0 Å². The number of amides is 3. The van der Waals surface area contributed by atoms with E-state index in [0.29, 0.717) is 19.5 Å². The third kappa shape index (κ3) is 8.75. The fraction of sp³-hybridized carbons (Fsp3) is 0.438. The normalized spacial score (nSPS) is 22.6. The number of esters is 1. The van der Waals surface area contributed by atoms with Crippen molar-refractivity contribution in [2.45, 2.75) is 50.6 Å². The summed E-state index contributed by atoms with van der Waals surface area (Å²) >= 11 is 0. The Labute approximate surface area is 240 Å². The quantitative estimate of drug-likeness (QED) is 0.259. The highest BCUT2D eigenvalue weighted by Gasteiger charge is 2.32.